The van der Waals surface area contributed by atoms with Crippen LogP contribution in [0.15, 0.2) is 34.3 Å². The maximum Gasteiger partial charge on any atom is 0.240 e. The van der Waals surface area contributed by atoms with Gasteiger partial charge in [0.1, 0.15) is 11.8 Å². The van der Waals surface area contributed by atoms with E-state index in [1.165, 1.54) is 31.0 Å². The number of fused-ring (bicyclic) bond motifs is 1. The van der Waals surface area contributed by atoms with Crippen molar-refractivity contribution in [2.24, 2.45) is 4.99 Å². The molecule has 7 nitrogen and oxygen atoms in total. The van der Waals surface area contributed by atoms with Gasteiger partial charge in [-0.25, -0.2) is 13.1 Å². The minimum Gasteiger partial charge on any atom is -0.344 e. The highest BCUT2D eigenvalue weighted by Gasteiger charge is 2.32. The quantitative estimate of drug-likeness (QED) is 0.721. The van der Waals surface area contributed by atoms with Gasteiger partial charge in [-0.05, 0) is 63.5 Å². The van der Waals surface area contributed by atoms with Gasteiger partial charge in [-0.15, -0.1) is 0 Å². The number of nitrogens with zero attached hydrogens (tertiary/aromatic N) is 3. The van der Waals surface area contributed by atoms with E-state index < -0.39 is 10.0 Å². The summed E-state index contributed by atoms with van der Waals surface area (Å²) in [6.07, 6.45) is 7.30. The Bertz CT molecular complexity index is 1260. The van der Waals surface area contributed by atoms with Crippen LogP contribution in [0.1, 0.15) is 74.7 Å². The van der Waals surface area contributed by atoms with Crippen LogP contribution in [0.2, 0.25) is 0 Å². The molecule has 2 fully saturated rings. The summed E-state index contributed by atoms with van der Waals surface area (Å²) >= 11 is 0. The van der Waals surface area contributed by atoms with Crippen molar-refractivity contribution in [2.75, 3.05) is 6.54 Å². The molecule has 2 heterocycles. The number of hydrogen-bond donors (Lipinski definition) is 2. The molecule has 2 N–H and O–H groups in total. The molecule has 2 aliphatic carbocycles. The largest absolute Gasteiger partial charge is 0.344 e. The molecule has 2 saturated carbocycles. The minimum atomic E-state index is -3.59. The Labute approximate surface area is 182 Å². The summed E-state index contributed by atoms with van der Waals surface area (Å²) in [5, 5.41) is 14.1. The zero-order chi connectivity index (χ0) is 21.8. The highest BCUT2D eigenvalue weighted by atomic mass is 32.2. The Hall–Kier alpha value is -2.63. The van der Waals surface area contributed by atoms with Gasteiger partial charge in [0.15, 0.2) is 5.84 Å². The number of nitrogens with one attached hydrogen (secondary N) is 2. The first-order valence-corrected chi connectivity index (χ1v) is 12.5. The average Bonchev–Trinajstić information content (AvgIpc) is 3.49. The predicted molar refractivity (Wildman–Crippen MR) is 121 cm³/mol. The second kappa shape index (κ2) is 7.50. The van der Waals surface area contributed by atoms with E-state index in [1.807, 2.05) is 0 Å². The molecule has 8 heteroatoms. The van der Waals surface area contributed by atoms with Crippen molar-refractivity contribution in [2.45, 2.75) is 64.0 Å². The molecule has 0 saturated heterocycles. The molecule has 0 bridgehead atoms. The summed E-state index contributed by atoms with van der Waals surface area (Å²) in [4.78, 5) is 4.78. The topological polar surface area (TPSA) is 99.3 Å². The minimum absolute atomic E-state index is 0.0504. The van der Waals surface area contributed by atoms with E-state index in [1.54, 1.807) is 13.8 Å². The SMILES string of the molecule is CC(C)NS(=O)(=O)C1=CNC(c2c(C#N)c3ccc(C4CC4)cc3n2C2CCC2)=NC1. The molecule has 1 aliphatic heterocycles. The number of nitriles is 1. The van der Waals surface area contributed by atoms with Crippen LogP contribution < -0.4 is 10.0 Å². The lowest BCUT2D eigenvalue weighted by atomic mass is 9.92. The molecular weight excluding hydrogens is 410 g/mol. The third kappa shape index (κ3) is 3.56. The van der Waals surface area contributed by atoms with E-state index in [0.717, 1.165) is 29.4 Å². The molecule has 162 valence electrons. The average molecular weight is 438 g/mol. The summed E-state index contributed by atoms with van der Waals surface area (Å²) in [6.45, 7) is 3.62. The van der Waals surface area contributed by atoms with Gasteiger partial charge in [0.05, 0.1) is 22.5 Å². The van der Waals surface area contributed by atoms with Crippen LogP contribution >= 0.6 is 0 Å². The van der Waals surface area contributed by atoms with Crippen LogP contribution in [0.25, 0.3) is 10.9 Å². The second-order valence-electron chi connectivity index (χ2n) is 9.04. The van der Waals surface area contributed by atoms with Crippen molar-refractivity contribution in [1.82, 2.24) is 14.6 Å². The normalized spacial score (nSPS) is 19.5. The molecule has 0 radical (unpaired) electrons. The number of aromatic nitrogens is 1. The predicted octanol–water partition coefficient (Wildman–Crippen LogP) is 3.63. The van der Waals surface area contributed by atoms with Crippen LogP contribution in [-0.2, 0) is 10.0 Å². The molecule has 1 aromatic heterocycles. The lowest BCUT2D eigenvalue weighted by Gasteiger charge is -2.30. The maximum absolute atomic E-state index is 12.5. The van der Waals surface area contributed by atoms with Crippen LogP contribution in [-0.4, -0.2) is 31.4 Å². The summed E-state index contributed by atoms with van der Waals surface area (Å²) in [6, 6.07) is 9.02. The van der Waals surface area contributed by atoms with E-state index in [9.17, 15) is 13.7 Å². The van der Waals surface area contributed by atoms with E-state index in [0.29, 0.717) is 23.4 Å². The highest BCUT2D eigenvalue weighted by Crippen LogP contribution is 2.44. The lowest BCUT2D eigenvalue weighted by Crippen LogP contribution is -2.36. The first kappa shape index (κ1) is 20.3. The standard InChI is InChI=1S/C23H27N5O2S/c1-14(2)27-31(29,30)18-12-25-23(26-13-18)22-20(11-24)19-9-8-16(15-6-7-15)10-21(19)28(22)17-4-3-5-17/h8-10,12,14-15,17,27H,3-7,13H2,1-2H3,(H,25,26). The van der Waals surface area contributed by atoms with Crippen LogP contribution in [0.5, 0.6) is 0 Å². The van der Waals surface area contributed by atoms with Gasteiger partial charge in [0.25, 0.3) is 0 Å². The van der Waals surface area contributed by atoms with Gasteiger partial charge in [-0.1, -0.05) is 12.1 Å². The van der Waals surface area contributed by atoms with Crippen molar-refractivity contribution in [3.63, 3.8) is 0 Å². The van der Waals surface area contributed by atoms with Crippen molar-refractivity contribution in [1.29, 1.82) is 5.26 Å². The van der Waals surface area contributed by atoms with Crippen molar-refractivity contribution in [3.8, 4) is 6.07 Å². The lowest BCUT2D eigenvalue weighted by molar-refractivity contribution is 0.320. The Balaban J connectivity index is 1.58. The third-order valence-electron chi connectivity index (χ3n) is 6.35. The fourth-order valence-corrected chi connectivity index (χ4v) is 5.68. The van der Waals surface area contributed by atoms with E-state index >= 15 is 0 Å². The number of aliphatic imine (C=N–C) groups is 1. The van der Waals surface area contributed by atoms with Crippen molar-refractivity contribution >= 4 is 26.8 Å². The molecule has 0 amide bonds. The number of amidine groups is 1. The van der Waals surface area contributed by atoms with Gasteiger partial charge in [0.2, 0.25) is 10.0 Å². The van der Waals surface area contributed by atoms with Crippen LogP contribution in [0.3, 0.4) is 0 Å². The molecule has 0 atom stereocenters. The Morgan fingerprint density at radius 2 is 2.03 bits per heavy atom. The number of hydrogen-bond acceptors (Lipinski definition) is 5. The third-order valence-corrected chi connectivity index (χ3v) is 8.07. The molecular formula is C23H27N5O2S. The zero-order valence-corrected chi connectivity index (χ0v) is 18.7. The second-order valence-corrected chi connectivity index (χ2v) is 10.8. The van der Waals surface area contributed by atoms with Gasteiger partial charge < -0.3 is 9.88 Å². The van der Waals surface area contributed by atoms with E-state index in [-0.39, 0.29) is 17.5 Å². The van der Waals surface area contributed by atoms with Gasteiger partial charge in [-0.3, -0.25) is 4.99 Å². The molecule has 5 rings (SSSR count). The zero-order valence-electron chi connectivity index (χ0n) is 17.9. The molecule has 1 aromatic carbocycles. The smallest absolute Gasteiger partial charge is 0.240 e. The summed E-state index contributed by atoms with van der Waals surface area (Å²) < 4.78 is 29.9. The first-order valence-electron chi connectivity index (χ1n) is 11.0. The fourth-order valence-electron chi connectivity index (χ4n) is 4.46. The molecule has 2 aromatic rings. The number of sulfonamides is 1. The molecule has 0 unspecified atom stereocenters. The Morgan fingerprint density at radius 1 is 1.26 bits per heavy atom. The summed E-state index contributed by atoms with van der Waals surface area (Å²) in [5.74, 6) is 1.20. The van der Waals surface area contributed by atoms with Crippen LogP contribution in [0, 0.1) is 11.3 Å². The van der Waals surface area contributed by atoms with E-state index in [2.05, 4.69) is 43.9 Å². The molecule has 31 heavy (non-hydrogen) atoms. The summed E-state index contributed by atoms with van der Waals surface area (Å²) in [7, 11) is -3.59. The number of benzene rings is 1. The first-order chi connectivity index (χ1) is 14.9. The Kier molecular flexibility index (Phi) is 4.91. The van der Waals surface area contributed by atoms with E-state index in [4.69, 9.17) is 0 Å². The summed E-state index contributed by atoms with van der Waals surface area (Å²) in [5.41, 5.74) is 3.82. The van der Waals surface area contributed by atoms with Crippen molar-refractivity contribution < 1.29 is 8.42 Å². The van der Waals surface area contributed by atoms with Gasteiger partial charge >= 0.3 is 0 Å². The van der Waals surface area contributed by atoms with Gasteiger partial charge in [0, 0.05) is 23.7 Å². The highest BCUT2D eigenvalue weighted by molar-refractivity contribution is 7.93. The number of rotatable bonds is 6. The monoisotopic (exact) mass is 437 g/mol. The van der Waals surface area contributed by atoms with Crippen molar-refractivity contribution in [3.05, 3.63) is 46.1 Å². The maximum atomic E-state index is 12.5. The fraction of sp³-hybridized carbons (Fsp3) is 0.478. The molecule has 0 spiro atoms. The van der Waals surface area contributed by atoms with Gasteiger partial charge in [-0.2, -0.15) is 5.26 Å². The van der Waals surface area contributed by atoms with Crippen LogP contribution in [0.4, 0.5) is 0 Å². The Morgan fingerprint density at radius 3 is 2.58 bits per heavy atom. The molecule has 3 aliphatic rings.